The summed E-state index contributed by atoms with van der Waals surface area (Å²) in [4.78, 5) is 2.47. The average molecular weight is 224 g/mol. The lowest BCUT2D eigenvalue weighted by Gasteiger charge is -2.38. The molecule has 16 heavy (non-hydrogen) atoms. The third-order valence-electron chi connectivity index (χ3n) is 3.27. The molecule has 3 nitrogen and oxygen atoms in total. The first-order valence-corrected chi connectivity index (χ1v) is 6.15. The maximum Gasteiger partial charge on any atom is 0.0855 e. The normalized spacial score (nSPS) is 24.3. The number of nitrogens with zero attached hydrogens (tertiary/aromatic N) is 1. The second-order valence-corrected chi connectivity index (χ2v) is 4.64. The van der Waals surface area contributed by atoms with Crippen LogP contribution in [0.25, 0.3) is 0 Å². The molecule has 3 heteroatoms. The Hall–Kier alpha value is -0.560. The van der Waals surface area contributed by atoms with Crippen molar-refractivity contribution >= 4 is 0 Å². The third kappa shape index (κ3) is 3.79. The van der Waals surface area contributed by atoms with Crippen LogP contribution in [0.4, 0.5) is 0 Å². The zero-order valence-corrected chi connectivity index (χ0v) is 10.7. The molecule has 0 aromatic rings. The molecule has 1 aliphatic rings. The first kappa shape index (κ1) is 13.5. The van der Waals surface area contributed by atoms with E-state index in [1.165, 1.54) is 0 Å². The molecule has 0 amide bonds. The van der Waals surface area contributed by atoms with Gasteiger partial charge in [0.05, 0.1) is 12.7 Å². The highest BCUT2D eigenvalue weighted by Gasteiger charge is 2.27. The predicted octanol–water partition coefficient (Wildman–Crippen LogP) is 1.10. The highest BCUT2D eigenvalue weighted by molar-refractivity contribution is 4.89. The monoisotopic (exact) mass is 224 g/mol. The number of rotatable bonds is 5. The van der Waals surface area contributed by atoms with Gasteiger partial charge in [0, 0.05) is 31.6 Å². The van der Waals surface area contributed by atoms with Gasteiger partial charge in [0.15, 0.2) is 0 Å². The third-order valence-corrected chi connectivity index (χ3v) is 3.27. The standard InChI is InChI=1S/C13H24N2O/c1-5-6-7-12(14-4)13-10-15(11(2)3)8-9-16-13/h1,11-14H,6-10H2,2-4H3. The number of likely N-dealkylation sites (N-methyl/N-ethyl adjacent to an activating group) is 1. The predicted molar refractivity (Wildman–Crippen MR) is 67.4 cm³/mol. The van der Waals surface area contributed by atoms with Gasteiger partial charge in [-0.2, -0.15) is 0 Å². The fraction of sp³-hybridized carbons (Fsp3) is 0.846. The van der Waals surface area contributed by atoms with Crippen molar-refractivity contribution in [3.8, 4) is 12.3 Å². The number of hydrogen-bond donors (Lipinski definition) is 1. The van der Waals surface area contributed by atoms with Crippen LogP contribution in [0.1, 0.15) is 26.7 Å². The van der Waals surface area contributed by atoms with Crippen LogP contribution < -0.4 is 5.32 Å². The van der Waals surface area contributed by atoms with E-state index in [2.05, 4.69) is 30.0 Å². The van der Waals surface area contributed by atoms with Crippen molar-refractivity contribution in [3.05, 3.63) is 0 Å². The number of terminal acetylenes is 1. The molecule has 2 unspecified atom stereocenters. The van der Waals surface area contributed by atoms with E-state index < -0.39 is 0 Å². The van der Waals surface area contributed by atoms with Gasteiger partial charge in [-0.15, -0.1) is 12.3 Å². The van der Waals surface area contributed by atoms with Crippen molar-refractivity contribution in [2.75, 3.05) is 26.7 Å². The van der Waals surface area contributed by atoms with Gasteiger partial charge < -0.3 is 10.1 Å². The van der Waals surface area contributed by atoms with E-state index in [0.29, 0.717) is 12.1 Å². The Morgan fingerprint density at radius 3 is 2.88 bits per heavy atom. The van der Waals surface area contributed by atoms with E-state index in [0.717, 1.165) is 32.5 Å². The van der Waals surface area contributed by atoms with Gasteiger partial charge in [-0.3, -0.25) is 4.90 Å². The smallest absolute Gasteiger partial charge is 0.0855 e. The molecule has 1 fully saturated rings. The van der Waals surface area contributed by atoms with Crippen LogP contribution in [0.3, 0.4) is 0 Å². The van der Waals surface area contributed by atoms with Crippen LogP contribution in [-0.4, -0.2) is 49.8 Å². The van der Waals surface area contributed by atoms with Gasteiger partial charge in [-0.05, 0) is 27.3 Å². The van der Waals surface area contributed by atoms with Gasteiger partial charge in [-0.1, -0.05) is 0 Å². The maximum absolute atomic E-state index is 5.84. The highest BCUT2D eigenvalue weighted by atomic mass is 16.5. The molecule has 1 aliphatic heterocycles. The van der Waals surface area contributed by atoms with Crippen LogP contribution in [0, 0.1) is 12.3 Å². The summed E-state index contributed by atoms with van der Waals surface area (Å²) in [7, 11) is 1.98. The minimum absolute atomic E-state index is 0.273. The van der Waals surface area contributed by atoms with E-state index >= 15 is 0 Å². The quantitative estimate of drug-likeness (QED) is 0.708. The Morgan fingerprint density at radius 2 is 2.31 bits per heavy atom. The number of ether oxygens (including phenoxy) is 1. The van der Waals surface area contributed by atoms with Crippen LogP contribution in [-0.2, 0) is 4.74 Å². The largest absolute Gasteiger partial charge is 0.374 e. The number of hydrogen-bond acceptors (Lipinski definition) is 3. The highest BCUT2D eigenvalue weighted by Crippen LogP contribution is 2.14. The second-order valence-electron chi connectivity index (χ2n) is 4.64. The SMILES string of the molecule is C#CCCC(NC)C1CN(C(C)C)CCO1. The Labute approximate surface area is 99.5 Å². The molecule has 1 saturated heterocycles. The lowest BCUT2D eigenvalue weighted by Crippen LogP contribution is -2.53. The summed E-state index contributed by atoms with van der Waals surface area (Å²) in [5.41, 5.74) is 0. The molecule has 0 bridgehead atoms. The Bertz CT molecular complexity index is 235. The van der Waals surface area contributed by atoms with Gasteiger partial charge in [0.25, 0.3) is 0 Å². The topological polar surface area (TPSA) is 24.5 Å². The minimum Gasteiger partial charge on any atom is -0.374 e. The van der Waals surface area contributed by atoms with Gasteiger partial charge in [0.2, 0.25) is 0 Å². The number of nitrogens with one attached hydrogen (secondary N) is 1. The van der Waals surface area contributed by atoms with Crippen molar-refractivity contribution in [1.29, 1.82) is 0 Å². The van der Waals surface area contributed by atoms with Crippen LogP contribution in [0.5, 0.6) is 0 Å². The molecule has 1 N–H and O–H groups in total. The Balaban J connectivity index is 2.47. The van der Waals surface area contributed by atoms with E-state index in [1.807, 2.05) is 7.05 Å². The van der Waals surface area contributed by atoms with Gasteiger partial charge >= 0.3 is 0 Å². The number of morpholine rings is 1. The summed E-state index contributed by atoms with van der Waals surface area (Å²) in [6.45, 7) is 7.35. The lowest BCUT2D eigenvalue weighted by atomic mass is 10.0. The second kappa shape index (κ2) is 6.90. The summed E-state index contributed by atoms with van der Waals surface area (Å²) >= 11 is 0. The molecule has 0 radical (unpaired) electrons. The van der Waals surface area contributed by atoms with E-state index in [1.54, 1.807) is 0 Å². The molecular formula is C13H24N2O. The molecular weight excluding hydrogens is 200 g/mol. The van der Waals surface area contributed by atoms with E-state index in [-0.39, 0.29) is 6.10 Å². The molecule has 0 saturated carbocycles. The van der Waals surface area contributed by atoms with E-state index in [4.69, 9.17) is 11.2 Å². The van der Waals surface area contributed by atoms with Crippen LogP contribution in [0.2, 0.25) is 0 Å². The molecule has 0 spiro atoms. The molecule has 92 valence electrons. The zero-order chi connectivity index (χ0) is 12.0. The summed E-state index contributed by atoms with van der Waals surface area (Å²) in [6.07, 6.45) is 7.38. The average Bonchev–Trinajstić information content (AvgIpc) is 2.30. The van der Waals surface area contributed by atoms with E-state index in [9.17, 15) is 0 Å². The zero-order valence-electron chi connectivity index (χ0n) is 10.7. The molecule has 1 rings (SSSR count). The fourth-order valence-corrected chi connectivity index (χ4v) is 2.16. The molecule has 0 aromatic carbocycles. The fourth-order valence-electron chi connectivity index (χ4n) is 2.16. The molecule has 2 atom stereocenters. The van der Waals surface area contributed by atoms with Crippen LogP contribution in [0.15, 0.2) is 0 Å². The summed E-state index contributed by atoms with van der Waals surface area (Å²) in [6, 6.07) is 0.967. The van der Waals surface area contributed by atoms with Gasteiger partial charge in [-0.25, -0.2) is 0 Å². The first-order valence-electron chi connectivity index (χ1n) is 6.15. The Morgan fingerprint density at radius 1 is 1.56 bits per heavy atom. The van der Waals surface area contributed by atoms with Crippen molar-refractivity contribution in [1.82, 2.24) is 10.2 Å². The Kier molecular flexibility index (Phi) is 5.83. The van der Waals surface area contributed by atoms with Gasteiger partial charge in [0.1, 0.15) is 0 Å². The summed E-state index contributed by atoms with van der Waals surface area (Å²) in [5, 5.41) is 3.32. The van der Waals surface area contributed by atoms with Crippen LogP contribution >= 0.6 is 0 Å². The maximum atomic E-state index is 5.84. The summed E-state index contributed by atoms with van der Waals surface area (Å²) in [5.74, 6) is 2.70. The van der Waals surface area contributed by atoms with Crippen molar-refractivity contribution in [2.45, 2.75) is 44.9 Å². The molecule has 0 aromatic heterocycles. The van der Waals surface area contributed by atoms with Crippen molar-refractivity contribution in [2.24, 2.45) is 0 Å². The van der Waals surface area contributed by atoms with Crippen molar-refractivity contribution in [3.63, 3.8) is 0 Å². The van der Waals surface area contributed by atoms with Crippen molar-refractivity contribution < 1.29 is 4.74 Å². The molecule has 0 aliphatic carbocycles. The first-order chi connectivity index (χ1) is 7.69. The molecule has 1 heterocycles. The lowest BCUT2D eigenvalue weighted by molar-refractivity contribution is -0.0552. The summed E-state index contributed by atoms with van der Waals surface area (Å²) < 4.78 is 5.84. The minimum atomic E-state index is 0.273.